The van der Waals surface area contributed by atoms with E-state index in [1.807, 2.05) is 19.1 Å². The molecule has 0 amide bonds. The summed E-state index contributed by atoms with van der Waals surface area (Å²) in [6.07, 6.45) is 0. The first-order valence-corrected chi connectivity index (χ1v) is 6.53. The fourth-order valence-electron chi connectivity index (χ4n) is 1.60. The minimum absolute atomic E-state index is 0.146. The SMILES string of the molecule is Cc1cccc2nc(C(Cl)(Cl)Cl)c(Cl)c(Cl)c12. The van der Waals surface area contributed by atoms with Crippen LogP contribution in [0.4, 0.5) is 0 Å². The largest absolute Gasteiger partial charge is 0.247 e. The van der Waals surface area contributed by atoms with E-state index in [4.69, 9.17) is 58.0 Å². The normalized spacial score (nSPS) is 12.1. The zero-order valence-electron chi connectivity index (χ0n) is 8.57. The van der Waals surface area contributed by atoms with Crippen molar-refractivity contribution in [3.8, 4) is 0 Å². The maximum Gasteiger partial charge on any atom is 0.234 e. The number of rotatable bonds is 0. The van der Waals surface area contributed by atoms with Gasteiger partial charge in [0.15, 0.2) is 0 Å². The molecule has 0 aliphatic rings. The van der Waals surface area contributed by atoms with Gasteiger partial charge in [0.2, 0.25) is 3.79 Å². The fraction of sp³-hybridized carbons (Fsp3) is 0.182. The van der Waals surface area contributed by atoms with E-state index in [0.29, 0.717) is 10.5 Å². The Morgan fingerprint density at radius 2 is 1.71 bits per heavy atom. The van der Waals surface area contributed by atoms with Gasteiger partial charge in [0.05, 0.1) is 15.6 Å². The molecule has 1 aromatic carbocycles. The van der Waals surface area contributed by atoms with Crippen LogP contribution in [0.25, 0.3) is 10.9 Å². The van der Waals surface area contributed by atoms with Crippen molar-refractivity contribution in [1.82, 2.24) is 4.98 Å². The third-order valence-corrected chi connectivity index (χ3v) is 3.75. The lowest BCUT2D eigenvalue weighted by molar-refractivity contribution is 1.12. The first kappa shape index (κ1) is 13.5. The Bertz CT molecular complexity index is 588. The molecule has 2 aromatic rings. The molecule has 0 unspecified atom stereocenters. The molecule has 0 aliphatic carbocycles. The Balaban J connectivity index is 2.90. The summed E-state index contributed by atoms with van der Waals surface area (Å²) >= 11 is 29.7. The van der Waals surface area contributed by atoms with Crippen molar-refractivity contribution >= 4 is 68.9 Å². The van der Waals surface area contributed by atoms with Gasteiger partial charge in [0, 0.05) is 5.39 Å². The van der Waals surface area contributed by atoms with Crippen LogP contribution in [0.1, 0.15) is 11.3 Å². The highest BCUT2D eigenvalue weighted by atomic mass is 35.6. The maximum atomic E-state index is 6.19. The molecule has 0 N–H and O–H groups in total. The van der Waals surface area contributed by atoms with Crippen LogP contribution in [0.2, 0.25) is 10.0 Å². The summed E-state index contributed by atoms with van der Waals surface area (Å²) in [4.78, 5) is 4.26. The summed E-state index contributed by atoms with van der Waals surface area (Å²) in [5, 5.41) is 1.31. The van der Waals surface area contributed by atoms with Crippen molar-refractivity contribution in [2.24, 2.45) is 0 Å². The molecule has 0 aliphatic heterocycles. The Labute approximate surface area is 124 Å². The lowest BCUT2D eigenvalue weighted by atomic mass is 10.1. The summed E-state index contributed by atoms with van der Waals surface area (Å²) < 4.78 is -1.70. The number of pyridine rings is 1. The van der Waals surface area contributed by atoms with Gasteiger partial charge >= 0.3 is 0 Å². The summed E-state index contributed by atoms with van der Waals surface area (Å²) in [5.74, 6) is 0. The van der Waals surface area contributed by atoms with Crippen molar-refractivity contribution in [3.05, 3.63) is 39.5 Å². The smallest absolute Gasteiger partial charge is 0.234 e. The molecule has 1 aromatic heterocycles. The molecule has 90 valence electrons. The molecule has 17 heavy (non-hydrogen) atoms. The second kappa shape index (κ2) is 4.64. The van der Waals surface area contributed by atoms with E-state index in [-0.39, 0.29) is 10.7 Å². The Morgan fingerprint density at radius 1 is 1.06 bits per heavy atom. The van der Waals surface area contributed by atoms with E-state index < -0.39 is 3.79 Å². The molecule has 1 nitrogen and oxygen atoms in total. The van der Waals surface area contributed by atoms with Gasteiger partial charge in [-0.15, -0.1) is 0 Å². The molecular formula is C11H6Cl5N. The van der Waals surface area contributed by atoms with Crippen molar-refractivity contribution < 1.29 is 0 Å². The number of hydrogen-bond donors (Lipinski definition) is 0. The van der Waals surface area contributed by atoms with Crippen LogP contribution in [0.3, 0.4) is 0 Å². The number of aromatic nitrogens is 1. The van der Waals surface area contributed by atoms with Gasteiger partial charge < -0.3 is 0 Å². The van der Waals surface area contributed by atoms with E-state index in [9.17, 15) is 0 Å². The summed E-state index contributed by atoms with van der Waals surface area (Å²) in [6, 6.07) is 5.57. The molecule has 0 bridgehead atoms. The second-order valence-corrected chi connectivity index (χ2v) is 6.59. The maximum absolute atomic E-state index is 6.19. The predicted molar refractivity (Wildman–Crippen MR) is 75.7 cm³/mol. The number of alkyl halides is 3. The number of hydrogen-bond acceptors (Lipinski definition) is 1. The molecule has 2 rings (SSSR count). The highest BCUT2D eigenvalue weighted by Crippen LogP contribution is 2.45. The minimum atomic E-state index is -1.70. The number of fused-ring (bicyclic) bond motifs is 1. The van der Waals surface area contributed by atoms with Gasteiger partial charge in [-0.3, -0.25) is 0 Å². The third-order valence-electron chi connectivity index (χ3n) is 2.37. The van der Waals surface area contributed by atoms with E-state index >= 15 is 0 Å². The summed E-state index contributed by atoms with van der Waals surface area (Å²) in [7, 11) is 0. The molecule has 0 atom stereocenters. The average Bonchev–Trinajstić information content (AvgIpc) is 2.21. The lowest BCUT2D eigenvalue weighted by Crippen LogP contribution is -2.06. The van der Waals surface area contributed by atoms with Gasteiger partial charge in [-0.05, 0) is 18.6 Å². The second-order valence-electron chi connectivity index (χ2n) is 3.56. The molecule has 0 radical (unpaired) electrons. The topological polar surface area (TPSA) is 12.9 Å². The van der Waals surface area contributed by atoms with E-state index in [1.54, 1.807) is 6.07 Å². The highest BCUT2D eigenvalue weighted by Gasteiger charge is 2.30. The molecule has 1 heterocycles. The Hall–Kier alpha value is 0.0800. The molecule has 0 saturated carbocycles. The summed E-state index contributed by atoms with van der Waals surface area (Å²) in [6.45, 7) is 1.92. The van der Waals surface area contributed by atoms with Gasteiger partial charge in [0.1, 0.15) is 5.69 Å². The zero-order chi connectivity index (χ0) is 12.8. The van der Waals surface area contributed by atoms with Gasteiger partial charge in [0.25, 0.3) is 0 Å². The average molecular weight is 329 g/mol. The van der Waals surface area contributed by atoms with Crippen LogP contribution in [-0.2, 0) is 3.79 Å². The predicted octanol–water partition coefficient (Wildman–Crippen LogP) is 5.68. The Morgan fingerprint density at radius 3 is 2.29 bits per heavy atom. The standard InChI is InChI=1S/C11H6Cl5N/c1-5-3-2-4-6-7(5)8(12)9(13)10(17-6)11(14,15)16/h2-4H,1H3. The van der Waals surface area contributed by atoms with Crippen LogP contribution in [0.15, 0.2) is 18.2 Å². The minimum Gasteiger partial charge on any atom is -0.247 e. The first-order valence-electron chi connectivity index (χ1n) is 4.64. The van der Waals surface area contributed by atoms with E-state index in [2.05, 4.69) is 4.98 Å². The molecule has 0 spiro atoms. The molecule has 0 fully saturated rings. The van der Waals surface area contributed by atoms with Gasteiger partial charge in [-0.25, -0.2) is 4.98 Å². The quantitative estimate of drug-likeness (QED) is 0.567. The van der Waals surface area contributed by atoms with Crippen molar-refractivity contribution in [1.29, 1.82) is 0 Å². The number of halogens is 5. The molecule has 0 saturated heterocycles. The number of nitrogens with zero attached hydrogens (tertiary/aromatic N) is 1. The van der Waals surface area contributed by atoms with E-state index in [0.717, 1.165) is 10.9 Å². The number of benzene rings is 1. The van der Waals surface area contributed by atoms with Crippen LogP contribution in [0, 0.1) is 6.92 Å². The van der Waals surface area contributed by atoms with E-state index in [1.165, 1.54) is 0 Å². The van der Waals surface area contributed by atoms with Crippen LogP contribution >= 0.6 is 58.0 Å². The Kier molecular flexibility index (Phi) is 3.69. The van der Waals surface area contributed by atoms with Crippen molar-refractivity contribution in [2.75, 3.05) is 0 Å². The molecular weight excluding hydrogens is 323 g/mol. The summed E-state index contributed by atoms with van der Waals surface area (Å²) in [5.41, 5.74) is 1.77. The molecule has 6 heteroatoms. The number of aryl methyl sites for hydroxylation is 1. The van der Waals surface area contributed by atoms with Gasteiger partial charge in [-0.1, -0.05) is 70.1 Å². The lowest BCUT2D eigenvalue weighted by Gasteiger charge is -2.15. The highest BCUT2D eigenvalue weighted by molar-refractivity contribution is 6.67. The monoisotopic (exact) mass is 327 g/mol. The van der Waals surface area contributed by atoms with Gasteiger partial charge in [-0.2, -0.15) is 0 Å². The van der Waals surface area contributed by atoms with Crippen molar-refractivity contribution in [3.63, 3.8) is 0 Å². The third kappa shape index (κ3) is 2.45. The van der Waals surface area contributed by atoms with Crippen LogP contribution in [-0.4, -0.2) is 4.98 Å². The fourth-order valence-corrected chi connectivity index (χ4v) is 2.77. The van der Waals surface area contributed by atoms with Crippen LogP contribution in [0.5, 0.6) is 0 Å². The zero-order valence-corrected chi connectivity index (χ0v) is 12.3. The first-order chi connectivity index (χ1) is 7.82. The van der Waals surface area contributed by atoms with Crippen LogP contribution < -0.4 is 0 Å². The van der Waals surface area contributed by atoms with Crippen molar-refractivity contribution in [2.45, 2.75) is 10.7 Å².